The number of rotatable bonds is 10. The Morgan fingerprint density at radius 2 is 1.85 bits per heavy atom. The molecule has 0 radical (unpaired) electrons. The lowest BCUT2D eigenvalue weighted by atomic mass is 9.98. The highest BCUT2D eigenvalue weighted by molar-refractivity contribution is 6.35. The first-order valence-corrected chi connectivity index (χ1v) is 11.3. The summed E-state index contributed by atoms with van der Waals surface area (Å²) in [4.78, 5) is 35.4. The van der Waals surface area contributed by atoms with Gasteiger partial charge in [0.15, 0.2) is 0 Å². The second-order valence-electron chi connectivity index (χ2n) is 7.45. The Kier molecular flexibility index (Phi) is 8.74. The molecule has 3 aromatic rings. The number of amides is 1. The lowest BCUT2D eigenvalue weighted by Crippen LogP contribution is -2.35. The second kappa shape index (κ2) is 11.7. The van der Waals surface area contributed by atoms with Crippen molar-refractivity contribution in [3.63, 3.8) is 0 Å². The number of hydrogen-bond acceptors (Lipinski definition) is 5. The van der Waals surface area contributed by atoms with Gasteiger partial charge in [0, 0.05) is 28.1 Å². The van der Waals surface area contributed by atoms with Crippen LogP contribution in [-0.2, 0) is 16.0 Å². The third kappa shape index (κ3) is 7.23. The van der Waals surface area contributed by atoms with Crippen molar-refractivity contribution >= 4 is 35.1 Å². The predicted octanol–water partition coefficient (Wildman–Crippen LogP) is 5.02. The van der Waals surface area contributed by atoms with Gasteiger partial charge in [-0.2, -0.15) is 5.16 Å². The molecular formula is C24H24Cl2N2O5. The van der Waals surface area contributed by atoms with Crippen molar-refractivity contribution in [2.75, 3.05) is 6.61 Å². The van der Waals surface area contributed by atoms with Gasteiger partial charge in [0.1, 0.15) is 0 Å². The van der Waals surface area contributed by atoms with Gasteiger partial charge in [-0.3, -0.25) is 14.4 Å². The zero-order valence-corrected chi connectivity index (χ0v) is 19.5. The largest absolute Gasteiger partial charge is 0.466 e. The Labute approximate surface area is 201 Å². The molecule has 2 N–H and O–H groups in total. The third-order valence-corrected chi connectivity index (χ3v) is 5.62. The molecule has 0 saturated heterocycles. The van der Waals surface area contributed by atoms with Crippen LogP contribution in [0.25, 0.3) is 11.1 Å². The van der Waals surface area contributed by atoms with Crippen LogP contribution in [0.4, 0.5) is 0 Å². The fourth-order valence-electron chi connectivity index (χ4n) is 3.38. The number of hydrogen-bond donors (Lipinski definition) is 2. The summed E-state index contributed by atoms with van der Waals surface area (Å²) in [5, 5.41) is 6.15. The van der Waals surface area contributed by atoms with Crippen molar-refractivity contribution in [3.8, 4) is 11.1 Å². The minimum absolute atomic E-state index is 0.108. The first-order chi connectivity index (χ1) is 15.9. The molecule has 0 bridgehead atoms. The lowest BCUT2D eigenvalue weighted by Gasteiger charge is -2.18. The number of aromatic nitrogens is 1. The SMILES string of the molecule is CCOC(=O)CCC(CCc1ccc(-c2cc(Cl)ccc2Cl)cc1)NC(=O)c1cc(=O)[nH]o1. The monoisotopic (exact) mass is 490 g/mol. The molecule has 9 heteroatoms. The van der Waals surface area contributed by atoms with Crippen LogP contribution >= 0.6 is 23.2 Å². The highest BCUT2D eigenvalue weighted by Crippen LogP contribution is 2.30. The number of H-pyrrole nitrogens is 1. The molecule has 1 aromatic heterocycles. The number of carbonyl (C=O) groups excluding carboxylic acids is 2. The van der Waals surface area contributed by atoms with E-state index in [2.05, 4.69) is 10.5 Å². The fourth-order valence-corrected chi connectivity index (χ4v) is 3.77. The lowest BCUT2D eigenvalue weighted by molar-refractivity contribution is -0.143. The number of benzene rings is 2. The molecule has 33 heavy (non-hydrogen) atoms. The minimum Gasteiger partial charge on any atom is -0.466 e. The number of esters is 1. The van der Waals surface area contributed by atoms with Gasteiger partial charge >= 0.3 is 5.97 Å². The molecule has 174 valence electrons. The summed E-state index contributed by atoms with van der Waals surface area (Å²) in [7, 11) is 0. The van der Waals surface area contributed by atoms with Gasteiger partial charge in [0.05, 0.1) is 12.7 Å². The molecular weight excluding hydrogens is 467 g/mol. The van der Waals surface area contributed by atoms with Gasteiger partial charge < -0.3 is 14.6 Å². The average molecular weight is 491 g/mol. The normalized spacial score (nSPS) is 11.7. The van der Waals surface area contributed by atoms with Crippen LogP contribution in [0.5, 0.6) is 0 Å². The first-order valence-electron chi connectivity index (χ1n) is 10.5. The summed E-state index contributed by atoms with van der Waals surface area (Å²) in [6, 6.07) is 14.0. The number of halogens is 2. The van der Waals surface area contributed by atoms with Crippen LogP contribution in [0.2, 0.25) is 10.0 Å². The Morgan fingerprint density at radius 1 is 1.09 bits per heavy atom. The first kappa shape index (κ1) is 24.6. The zero-order chi connectivity index (χ0) is 23.8. The zero-order valence-electron chi connectivity index (χ0n) is 18.0. The summed E-state index contributed by atoms with van der Waals surface area (Å²) in [6.45, 7) is 2.04. The maximum atomic E-state index is 12.4. The van der Waals surface area contributed by atoms with Crippen LogP contribution in [0, 0.1) is 0 Å². The highest BCUT2D eigenvalue weighted by atomic mass is 35.5. The number of aromatic amines is 1. The van der Waals surface area contributed by atoms with Gasteiger partial charge in [-0.25, -0.2) is 0 Å². The van der Waals surface area contributed by atoms with Gasteiger partial charge in [-0.1, -0.05) is 47.5 Å². The van der Waals surface area contributed by atoms with E-state index < -0.39 is 11.5 Å². The molecule has 3 rings (SSSR count). The number of carbonyl (C=O) groups is 2. The quantitative estimate of drug-likeness (QED) is 0.388. The average Bonchev–Trinajstić information content (AvgIpc) is 3.24. The molecule has 0 fully saturated rings. The molecule has 0 aliphatic rings. The standard InChI is InChI=1S/C24H24Cl2N2O5/c1-2-32-23(30)12-10-18(27-24(31)21-14-22(29)28-33-21)9-5-15-3-6-16(7-4-15)19-13-17(25)8-11-20(19)26/h3-4,6-8,11,13-14,18H,2,5,9-10,12H2,1H3,(H,27,31)(H,28,29). The van der Waals surface area contributed by atoms with Crippen LogP contribution < -0.4 is 10.9 Å². The molecule has 0 spiro atoms. The summed E-state index contributed by atoms with van der Waals surface area (Å²) in [5.74, 6) is -0.954. The Hall–Kier alpha value is -3.03. The molecule has 1 heterocycles. The van der Waals surface area contributed by atoms with E-state index in [0.717, 1.165) is 22.8 Å². The van der Waals surface area contributed by atoms with E-state index in [1.165, 1.54) is 0 Å². The van der Waals surface area contributed by atoms with Gasteiger partial charge in [0.2, 0.25) is 5.76 Å². The molecule has 2 aromatic carbocycles. The van der Waals surface area contributed by atoms with E-state index in [0.29, 0.717) is 35.9 Å². The van der Waals surface area contributed by atoms with E-state index in [1.54, 1.807) is 19.1 Å². The molecule has 7 nitrogen and oxygen atoms in total. The van der Waals surface area contributed by atoms with Crippen LogP contribution in [-0.4, -0.2) is 29.7 Å². The molecule has 0 saturated carbocycles. The molecule has 0 aliphatic heterocycles. The van der Waals surface area contributed by atoms with Crippen molar-refractivity contribution in [1.82, 2.24) is 10.5 Å². The fraction of sp³-hybridized carbons (Fsp3) is 0.292. The Bertz CT molecular complexity index is 1150. The smallest absolute Gasteiger partial charge is 0.305 e. The van der Waals surface area contributed by atoms with E-state index in [9.17, 15) is 14.4 Å². The van der Waals surface area contributed by atoms with Crippen LogP contribution in [0.15, 0.2) is 57.8 Å². The maximum absolute atomic E-state index is 12.4. The Morgan fingerprint density at radius 3 is 2.52 bits per heavy atom. The van der Waals surface area contributed by atoms with E-state index >= 15 is 0 Å². The molecule has 0 aliphatic carbocycles. The topological polar surface area (TPSA) is 101 Å². The third-order valence-electron chi connectivity index (χ3n) is 5.06. The van der Waals surface area contributed by atoms with Crippen molar-refractivity contribution in [2.24, 2.45) is 0 Å². The number of nitrogens with one attached hydrogen (secondary N) is 2. The summed E-state index contributed by atoms with van der Waals surface area (Å²) in [5.41, 5.74) is 2.35. The number of ether oxygens (including phenoxy) is 1. The molecule has 1 amide bonds. The maximum Gasteiger partial charge on any atom is 0.305 e. The molecule has 1 unspecified atom stereocenters. The number of aryl methyl sites for hydroxylation is 1. The molecule has 1 atom stereocenters. The van der Waals surface area contributed by atoms with Crippen LogP contribution in [0.3, 0.4) is 0 Å². The second-order valence-corrected chi connectivity index (χ2v) is 8.29. The summed E-state index contributed by atoms with van der Waals surface area (Å²) < 4.78 is 9.85. The highest BCUT2D eigenvalue weighted by Gasteiger charge is 2.19. The van der Waals surface area contributed by atoms with Crippen molar-refractivity contribution < 1.29 is 18.8 Å². The van der Waals surface area contributed by atoms with Gasteiger partial charge in [-0.15, -0.1) is 0 Å². The Balaban J connectivity index is 1.65. The minimum atomic E-state index is -0.520. The van der Waals surface area contributed by atoms with E-state index in [1.807, 2.05) is 30.3 Å². The summed E-state index contributed by atoms with van der Waals surface area (Å²) in [6.07, 6.45) is 1.81. The van der Waals surface area contributed by atoms with E-state index in [4.69, 9.17) is 32.5 Å². The van der Waals surface area contributed by atoms with Crippen molar-refractivity contribution in [3.05, 3.63) is 80.3 Å². The predicted molar refractivity (Wildman–Crippen MR) is 127 cm³/mol. The van der Waals surface area contributed by atoms with Crippen LogP contribution in [0.1, 0.15) is 42.3 Å². The van der Waals surface area contributed by atoms with Crippen molar-refractivity contribution in [2.45, 2.75) is 38.6 Å². The van der Waals surface area contributed by atoms with Crippen molar-refractivity contribution in [1.29, 1.82) is 0 Å². The van der Waals surface area contributed by atoms with Gasteiger partial charge in [-0.05, 0) is 55.5 Å². The summed E-state index contributed by atoms with van der Waals surface area (Å²) >= 11 is 12.4. The van der Waals surface area contributed by atoms with Gasteiger partial charge in [0.25, 0.3) is 11.5 Å². The van der Waals surface area contributed by atoms with E-state index in [-0.39, 0.29) is 24.2 Å².